The van der Waals surface area contributed by atoms with Crippen LogP contribution in [0, 0.1) is 11.6 Å². The second-order valence-electron chi connectivity index (χ2n) is 6.87. The van der Waals surface area contributed by atoms with Crippen LogP contribution in [0.2, 0.25) is 0 Å². The quantitative estimate of drug-likeness (QED) is 0.446. The first-order valence-corrected chi connectivity index (χ1v) is 9.59. The van der Waals surface area contributed by atoms with E-state index < -0.39 is 5.82 Å². The predicted octanol–water partition coefficient (Wildman–Crippen LogP) is 4.82. The normalized spacial score (nSPS) is 11.0. The molecule has 0 aliphatic heterocycles. The number of para-hydroxylation sites is 1. The summed E-state index contributed by atoms with van der Waals surface area (Å²) in [4.78, 5) is 12.4. The number of nitrogens with zero attached hydrogens (tertiary/aromatic N) is 5. The zero-order chi connectivity index (χ0) is 21.2. The summed E-state index contributed by atoms with van der Waals surface area (Å²) in [5, 5.41) is 8.42. The van der Waals surface area contributed by atoms with Crippen molar-refractivity contribution in [3.05, 3.63) is 102 Å². The molecule has 0 spiro atoms. The number of anilines is 2. The van der Waals surface area contributed by atoms with E-state index in [-0.39, 0.29) is 17.6 Å². The highest BCUT2D eigenvalue weighted by Crippen LogP contribution is 2.25. The third kappa shape index (κ3) is 3.71. The van der Waals surface area contributed by atoms with Gasteiger partial charge in [-0.25, -0.2) is 13.8 Å². The van der Waals surface area contributed by atoms with Gasteiger partial charge in [-0.2, -0.15) is 14.8 Å². The van der Waals surface area contributed by atoms with Crippen LogP contribution < -0.4 is 5.32 Å². The summed E-state index contributed by atoms with van der Waals surface area (Å²) in [6.07, 6.45) is 4.60. The number of hydrogen-bond donors (Lipinski definition) is 1. The van der Waals surface area contributed by atoms with Crippen molar-refractivity contribution in [2.75, 3.05) is 5.32 Å². The number of nitrogens with one attached hydrogen (secondary N) is 1. The van der Waals surface area contributed by atoms with Crippen LogP contribution >= 0.6 is 0 Å². The molecule has 0 aliphatic carbocycles. The minimum atomic E-state index is -0.594. The van der Waals surface area contributed by atoms with Gasteiger partial charge in [0.15, 0.2) is 11.6 Å². The predicted molar refractivity (Wildman–Crippen MR) is 113 cm³/mol. The fourth-order valence-electron chi connectivity index (χ4n) is 3.36. The molecule has 3 aromatic heterocycles. The van der Waals surface area contributed by atoms with Crippen LogP contribution in [-0.2, 0) is 6.42 Å². The van der Waals surface area contributed by atoms with Gasteiger partial charge < -0.3 is 5.32 Å². The second kappa shape index (κ2) is 7.91. The largest absolute Gasteiger partial charge is 0.338 e. The third-order valence-electron chi connectivity index (χ3n) is 4.84. The Balaban J connectivity index is 1.58. The van der Waals surface area contributed by atoms with Gasteiger partial charge in [-0.05, 0) is 29.8 Å². The molecule has 1 N–H and O–H groups in total. The zero-order valence-electron chi connectivity index (χ0n) is 16.2. The molecule has 6 nitrogen and oxygen atoms in total. The van der Waals surface area contributed by atoms with Crippen LogP contribution in [-0.4, -0.2) is 24.7 Å². The van der Waals surface area contributed by atoms with E-state index in [2.05, 4.69) is 25.4 Å². The Hall–Kier alpha value is -4.20. The lowest BCUT2D eigenvalue weighted by Crippen LogP contribution is -2.07. The van der Waals surface area contributed by atoms with E-state index in [1.54, 1.807) is 47.4 Å². The second-order valence-corrected chi connectivity index (χ2v) is 6.87. The number of halogens is 2. The molecule has 5 rings (SSSR count). The summed E-state index contributed by atoms with van der Waals surface area (Å²) in [7, 11) is 0. The van der Waals surface area contributed by atoms with Crippen molar-refractivity contribution in [3.63, 3.8) is 0 Å². The van der Waals surface area contributed by atoms with E-state index in [0.717, 1.165) is 17.1 Å². The first kappa shape index (κ1) is 18.8. The maximum Gasteiger partial charge on any atom is 0.253 e. The molecule has 3 heterocycles. The minimum absolute atomic E-state index is 0.0198. The monoisotopic (exact) mass is 414 g/mol. The summed E-state index contributed by atoms with van der Waals surface area (Å²) in [6, 6.07) is 17.5. The molecule has 0 saturated carbocycles. The van der Waals surface area contributed by atoms with Gasteiger partial charge in [0.05, 0.1) is 17.4 Å². The smallest absolute Gasteiger partial charge is 0.253 e. The van der Waals surface area contributed by atoms with Crippen LogP contribution in [0.3, 0.4) is 0 Å². The van der Waals surface area contributed by atoms with Crippen molar-refractivity contribution in [3.8, 4) is 5.95 Å². The lowest BCUT2D eigenvalue weighted by Gasteiger charge is -2.08. The molecule has 0 fully saturated rings. The van der Waals surface area contributed by atoms with Crippen LogP contribution in [0.4, 0.5) is 20.3 Å². The molecule has 31 heavy (non-hydrogen) atoms. The summed E-state index contributed by atoms with van der Waals surface area (Å²) in [6.45, 7) is 0. The van der Waals surface area contributed by atoms with Gasteiger partial charge >= 0.3 is 0 Å². The van der Waals surface area contributed by atoms with Crippen LogP contribution in [0.15, 0.2) is 79.3 Å². The van der Waals surface area contributed by atoms with E-state index in [9.17, 15) is 8.78 Å². The first-order valence-electron chi connectivity index (χ1n) is 9.59. The van der Waals surface area contributed by atoms with E-state index in [4.69, 9.17) is 0 Å². The van der Waals surface area contributed by atoms with Crippen molar-refractivity contribution in [1.82, 2.24) is 24.7 Å². The fraction of sp³-hybridized carbons (Fsp3) is 0.0435. The Morgan fingerprint density at radius 3 is 2.48 bits per heavy atom. The Labute approximate surface area is 176 Å². The van der Waals surface area contributed by atoms with Crippen LogP contribution in [0.5, 0.6) is 0 Å². The summed E-state index contributed by atoms with van der Waals surface area (Å²) >= 11 is 0. The highest BCUT2D eigenvalue weighted by atomic mass is 19.1. The standard InChI is InChI=1S/C23H16F2N6/c24-18-7-3-1-5-15(18)13-20-17-6-2-4-8-21(17)31(30-20)23-27-14-19(25)22(29-23)28-16-9-11-26-12-10-16/h1-12,14H,13H2,(H,26,27,28,29). The number of benzene rings is 2. The molecule has 5 aromatic rings. The molecule has 152 valence electrons. The summed E-state index contributed by atoms with van der Waals surface area (Å²) < 4.78 is 30.1. The van der Waals surface area contributed by atoms with E-state index in [0.29, 0.717) is 23.4 Å². The van der Waals surface area contributed by atoms with E-state index in [1.165, 1.54) is 6.07 Å². The molecule has 0 radical (unpaired) electrons. The average molecular weight is 414 g/mol. The lowest BCUT2D eigenvalue weighted by molar-refractivity contribution is 0.611. The van der Waals surface area contributed by atoms with Gasteiger partial charge in [-0.3, -0.25) is 4.98 Å². The van der Waals surface area contributed by atoms with E-state index >= 15 is 0 Å². The zero-order valence-corrected chi connectivity index (χ0v) is 16.2. The molecule has 0 bridgehead atoms. The fourth-order valence-corrected chi connectivity index (χ4v) is 3.36. The molecule has 0 atom stereocenters. The van der Waals surface area contributed by atoms with Gasteiger partial charge in [0.25, 0.3) is 5.95 Å². The Kier molecular flexibility index (Phi) is 4.80. The molecular formula is C23H16F2N6. The summed E-state index contributed by atoms with van der Waals surface area (Å²) in [5.74, 6) is -0.660. The Morgan fingerprint density at radius 2 is 1.65 bits per heavy atom. The molecule has 2 aromatic carbocycles. The Morgan fingerprint density at radius 1 is 0.871 bits per heavy atom. The SMILES string of the molecule is Fc1ccccc1Cc1nn(-c2ncc(F)c(Nc3ccncc3)n2)c2ccccc12. The Bertz CT molecular complexity index is 1370. The maximum atomic E-state index is 14.3. The van der Waals surface area contributed by atoms with Gasteiger partial charge in [-0.15, -0.1) is 0 Å². The molecule has 0 amide bonds. The number of fused-ring (bicyclic) bond motifs is 1. The third-order valence-corrected chi connectivity index (χ3v) is 4.84. The molecule has 0 saturated heterocycles. The topological polar surface area (TPSA) is 68.5 Å². The minimum Gasteiger partial charge on any atom is -0.338 e. The van der Waals surface area contributed by atoms with Crippen molar-refractivity contribution in [2.45, 2.75) is 6.42 Å². The van der Waals surface area contributed by atoms with Gasteiger partial charge in [0, 0.05) is 29.9 Å². The van der Waals surface area contributed by atoms with E-state index in [1.807, 2.05) is 24.3 Å². The average Bonchev–Trinajstić information content (AvgIpc) is 3.16. The highest BCUT2D eigenvalue weighted by molar-refractivity contribution is 5.83. The van der Waals surface area contributed by atoms with Crippen molar-refractivity contribution < 1.29 is 8.78 Å². The number of rotatable bonds is 5. The summed E-state index contributed by atoms with van der Waals surface area (Å²) in [5.41, 5.74) is 2.61. The van der Waals surface area contributed by atoms with Crippen LogP contribution in [0.25, 0.3) is 16.9 Å². The number of aromatic nitrogens is 5. The first-order chi connectivity index (χ1) is 15.2. The number of pyridine rings is 1. The van der Waals surface area contributed by atoms with Gasteiger partial charge in [-0.1, -0.05) is 36.4 Å². The molecular weight excluding hydrogens is 398 g/mol. The van der Waals surface area contributed by atoms with Crippen molar-refractivity contribution in [2.24, 2.45) is 0 Å². The van der Waals surface area contributed by atoms with Crippen molar-refractivity contribution in [1.29, 1.82) is 0 Å². The highest BCUT2D eigenvalue weighted by Gasteiger charge is 2.16. The molecule has 0 unspecified atom stereocenters. The maximum absolute atomic E-state index is 14.3. The van der Waals surface area contributed by atoms with Crippen molar-refractivity contribution >= 4 is 22.4 Å². The molecule has 0 aliphatic rings. The van der Waals surface area contributed by atoms with Gasteiger partial charge in [0.2, 0.25) is 0 Å². The number of hydrogen-bond acceptors (Lipinski definition) is 5. The van der Waals surface area contributed by atoms with Crippen LogP contribution in [0.1, 0.15) is 11.3 Å². The molecule has 8 heteroatoms. The lowest BCUT2D eigenvalue weighted by atomic mass is 10.1. The van der Waals surface area contributed by atoms with Gasteiger partial charge in [0.1, 0.15) is 5.82 Å².